The van der Waals surface area contributed by atoms with Crippen LogP contribution in [0, 0.1) is 5.92 Å². The van der Waals surface area contributed by atoms with E-state index in [0.717, 1.165) is 30.5 Å². The highest BCUT2D eigenvalue weighted by atomic mass is 35.5. The number of esters is 1. The van der Waals surface area contributed by atoms with Crippen molar-refractivity contribution in [3.05, 3.63) is 64.7 Å². The van der Waals surface area contributed by atoms with Gasteiger partial charge >= 0.3 is 5.97 Å². The van der Waals surface area contributed by atoms with E-state index in [1.165, 1.54) is 5.56 Å². The number of aryl methyl sites for hydroxylation is 1. The van der Waals surface area contributed by atoms with Crippen molar-refractivity contribution in [1.29, 1.82) is 0 Å². The van der Waals surface area contributed by atoms with Crippen LogP contribution in [0.25, 0.3) is 0 Å². The van der Waals surface area contributed by atoms with E-state index in [4.69, 9.17) is 16.3 Å². The van der Waals surface area contributed by atoms with Crippen LogP contribution in [0.3, 0.4) is 0 Å². The molecule has 0 radical (unpaired) electrons. The highest BCUT2D eigenvalue weighted by Crippen LogP contribution is 2.26. The Balaban J connectivity index is 1.56. The smallest absolute Gasteiger partial charge is 0.311 e. The number of anilines is 1. The molecule has 5 heteroatoms. The van der Waals surface area contributed by atoms with Gasteiger partial charge in [-0.05, 0) is 48.2 Å². The minimum Gasteiger partial charge on any atom is -0.461 e. The van der Waals surface area contributed by atoms with Crippen LogP contribution in [0.15, 0.2) is 48.5 Å². The molecule has 0 aliphatic carbocycles. The number of amides is 1. The van der Waals surface area contributed by atoms with E-state index in [1.54, 1.807) is 17.0 Å². The van der Waals surface area contributed by atoms with Gasteiger partial charge in [-0.15, -0.1) is 0 Å². The average Bonchev–Trinajstić information content (AvgIpc) is 3.08. The van der Waals surface area contributed by atoms with E-state index in [0.29, 0.717) is 11.6 Å². The molecule has 1 amide bonds. The quantitative estimate of drug-likeness (QED) is 0.644. The minimum absolute atomic E-state index is 0.0373. The summed E-state index contributed by atoms with van der Waals surface area (Å²) >= 11 is 5.85. The Morgan fingerprint density at radius 1 is 1.11 bits per heavy atom. The van der Waals surface area contributed by atoms with E-state index in [2.05, 4.69) is 19.1 Å². The van der Waals surface area contributed by atoms with Gasteiger partial charge in [-0.3, -0.25) is 9.59 Å². The monoisotopic (exact) mass is 385 g/mol. The topological polar surface area (TPSA) is 46.6 Å². The molecule has 0 N–H and O–H groups in total. The molecule has 2 aromatic rings. The Kier molecular flexibility index (Phi) is 6.51. The first-order valence-electron chi connectivity index (χ1n) is 9.37. The number of ether oxygens (including phenoxy) is 1. The number of benzene rings is 2. The molecular weight excluding hydrogens is 362 g/mol. The van der Waals surface area contributed by atoms with Crippen LogP contribution in [0.2, 0.25) is 5.02 Å². The van der Waals surface area contributed by atoms with Crippen molar-refractivity contribution in [2.75, 3.05) is 11.4 Å². The molecule has 1 fully saturated rings. The first-order valence-corrected chi connectivity index (χ1v) is 9.75. The van der Waals surface area contributed by atoms with Crippen molar-refractivity contribution in [3.8, 4) is 0 Å². The fourth-order valence-corrected chi connectivity index (χ4v) is 3.32. The predicted octanol–water partition coefficient (Wildman–Crippen LogP) is 4.78. The third kappa shape index (κ3) is 5.10. The standard InChI is InChI=1S/C22H24ClNO3/c1-2-3-4-16-7-11-20(12-8-16)24-14-18(13-21(24)25)22(26)27-15-17-5-9-19(23)10-6-17/h5-12,18H,2-4,13-15H2,1H3/t18-/m1/s1. The van der Waals surface area contributed by atoms with Gasteiger partial charge in [0.1, 0.15) is 6.61 Å². The van der Waals surface area contributed by atoms with Crippen molar-refractivity contribution in [2.45, 2.75) is 39.2 Å². The van der Waals surface area contributed by atoms with E-state index in [9.17, 15) is 9.59 Å². The van der Waals surface area contributed by atoms with Crippen molar-refractivity contribution in [2.24, 2.45) is 5.92 Å². The molecule has 4 nitrogen and oxygen atoms in total. The van der Waals surface area contributed by atoms with Crippen molar-refractivity contribution >= 4 is 29.2 Å². The predicted molar refractivity (Wildman–Crippen MR) is 107 cm³/mol. The first kappa shape index (κ1) is 19.4. The van der Waals surface area contributed by atoms with Crippen molar-refractivity contribution in [1.82, 2.24) is 0 Å². The second-order valence-corrected chi connectivity index (χ2v) is 7.35. The van der Waals surface area contributed by atoms with Gasteiger partial charge in [-0.25, -0.2) is 0 Å². The van der Waals surface area contributed by atoms with Gasteiger partial charge in [0.05, 0.1) is 5.92 Å². The Morgan fingerprint density at radius 2 is 1.78 bits per heavy atom. The van der Waals surface area contributed by atoms with Gasteiger partial charge < -0.3 is 9.64 Å². The van der Waals surface area contributed by atoms with Crippen LogP contribution in [-0.4, -0.2) is 18.4 Å². The summed E-state index contributed by atoms with van der Waals surface area (Å²) in [6.07, 6.45) is 3.55. The molecule has 27 heavy (non-hydrogen) atoms. The average molecular weight is 386 g/mol. The Hall–Kier alpha value is -2.33. The fourth-order valence-electron chi connectivity index (χ4n) is 3.19. The van der Waals surface area contributed by atoms with Gasteiger partial charge in [-0.1, -0.05) is 49.2 Å². The van der Waals surface area contributed by atoms with Gasteiger partial charge in [0, 0.05) is 23.7 Å². The molecule has 142 valence electrons. The largest absolute Gasteiger partial charge is 0.461 e. The third-order valence-corrected chi connectivity index (χ3v) is 5.07. The third-order valence-electron chi connectivity index (χ3n) is 4.82. The zero-order valence-corrected chi connectivity index (χ0v) is 16.2. The molecule has 0 unspecified atom stereocenters. The van der Waals surface area contributed by atoms with E-state index in [1.807, 2.05) is 24.3 Å². The van der Waals surface area contributed by atoms with Crippen molar-refractivity contribution in [3.63, 3.8) is 0 Å². The zero-order valence-electron chi connectivity index (χ0n) is 15.5. The Labute approximate surface area is 165 Å². The number of carbonyl (C=O) groups is 2. The first-order chi connectivity index (χ1) is 13.1. The number of hydrogen-bond acceptors (Lipinski definition) is 3. The lowest BCUT2D eigenvalue weighted by atomic mass is 10.1. The summed E-state index contributed by atoms with van der Waals surface area (Å²) < 4.78 is 5.39. The van der Waals surface area contributed by atoms with E-state index in [-0.39, 0.29) is 24.9 Å². The van der Waals surface area contributed by atoms with Crippen LogP contribution < -0.4 is 4.90 Å². The minimum atomic E-state index is -0.426. The summed E-state index contributed by atoms with van der Waals surface area (Å²) in [5.74, 6) is -0.797. The molecule has 1 heterocycles. The SMILES string of the molecule is CCCCc1ccc(N2C[C@H](C(=O)OCc3ccc(Cl)cc3)CC2=O)cc1. The summed E-state index contributed by atoms with van der Waals surface area (Å²) in [7, 11) is 0. The van der Waals surface area contributed by atoms with Crippen LogP contribution in [0.5, 0.6) is 0 Å². The molecule has 1 aliphatic heterocycles. The zero-order chi connectivity index (χ0) is 19.2. The van der Waals surface area contributed by atoms with Crippen LogP contribution in [-0.2, 0) is 27.4 Å². The molecule has 1 saturated heterocycles. The Bertz CT molecular complexity index is 786. The molecule has 0 aromatic heterocycles. The maximum atomic E-state index is 12.4. The maximum absolute atomic E-state index is 12.4. The molecule has 3 rings (SSSR count). The molecule has 0 spiro atoms. The molecule has 0 saturated carbocycles. The van der Waals surface area contributed by atoms with Crippen LogP contribution >= 0.6 is 11.6 Å². The number of hydrogen-bond donors (Lipinski definition) is 0. The summed E-state index contributed by atoms with van der Waals surface area (Å²) in [6.45, 7) is 2.73. The number of nitrogens with zero attached hydrogens (tertiary/aromatic N) is 1. The summed E-state index contributed by atoms with van der Waals surface area (Å²) in [5.41, 5.74) is 2.98. The number of halogens is 1. The normalized spacial score (nSPS) is 16.6. The summed E-state index contributed by atoms with van der Waals surface area (Å²) in [6, 6.07) is 15.2. The van der Waals surface area contributed by atoms with E-state index < -0.39 is 5.92 Å². The number of rotatable bonds is 7. The van der Waals surface area contributed by atoms with Crippen LogP contribution in [0.1, 0.15) is 37.3 Å². The lowest BCUT2D eigenvalue weighted by molar-refractivity contribution is -0.149. The Morgan fingerprint density at radius 3 is 2.44 bits per heavy atom. The number of carbonyl (C=O) groups excluding carboxylic acids is 2. The highest BCUT2D eigenvalue weighted by Gasteiger charge is 2.36. The number of unbranched alkanes of at least 4 members (excludes halogenated alkanes) is 1. The van der Waals surface area contributed by atoms with E-state index >= 15 is 0 Å². The second kappa shape index (κ2) is 9.05. The molecule has 0 bridgehead atoms. The van der Waals surface area contributed by atoms with Gasteiger partial charge in [0.25, 0.3) is 0 Å². The van der Waals surface area contributed by atoms with Gasteiger partial charge in [-0.2, -0.15) is 0 Å². The molecule has 2 aromatic carbocycles. The van der Waals surface area contributed by atoms with Gasteiger partial charge in [0.2, 0.25) is 5.91 Å². The maximum Gasteiger partial charge on any atom is 0.311 e. The molecular formula is C22H24ClNO3. The second-order valence-electron chi connectivity index (χ2n) is 6.91. The van der Waals surface area contributed by atoms with Crippen LogP contribution in [0.4, 0.5) is 5.69 Å². The van der Waals surface area contributed by atoms with Crippen molar-refractivity contribution < 1.29 is 14.3 Å². The fraction of sp³-hybridized carbons (Fsp3) is 0.364. The summed E-state index contributed by atoms with van der Waals surface area (Å²) in [4.78, 5) is 26.4. The summed E-state index contributed by atoms with van der Waals surface area (Å²) in [5, 5.41) is 0.642. The lowest BCUT2D eigenvalue weighted by Crippen LogP contribution is -2.26. The molecule has 1 atom stereocenters. The highest BCUT2D eigenvalue weighted by molar-refractivity contribution is 6.30. The molecule has 1 aliphatic rings. The lowest BCUT2D eigenvalue weighted by Gasteiger charge is -2.17. The van der Waals surface area contributed by atoms with Gasteiger partial charge in [0.15, 0.2) is 0 Å².